The van der Waals surface area contributed by atoms with Gasteiger partial charge in [0.2, 0.25) is 5.91 Å². The van der Waals surface area contributed by atoms with Crippen molar-refractivity contribution >= 4 is 28.4 Å². The lowest BCUT2D eigenvalue weighted by Gasteiger charge is -2.27. The van der Waals surface area contributed by atoms with Crippen molar-refractivity contribution in [2.45, 2.75) is 19.8 Å². The van der Waals surface area contributed by atoms with Gasteiger partial charge in [0.1, 0.15) is 0 Å². The van der Waals surface area contributed by atoms with E-state index in [9.17, 15) is 9.59 Å². The molecule has 0 unspecified atom stereocenters. The molecular formula is C15H15N3O2. The molecule has 0 spiro atoms. The molecule has 102 valence electrons. The molecule has 1 fully saturated rings. The number of carbonyl (C=O) groups excluding carboxylic acids is 2. The van der Waals surface area contributed by atoms with Gasteiger partial charge in [0.25, 0.3) is 0 Å². The first-order valence-corrected chi connectivity index (χ1v) is 6.68. The Balaban J connectivity index is 2.12. The largest absolute Gasteiger partial charge is 0.328 e. The number of anilines is 1. The number of nitrogens with zero attached hydrogens (tertiary/aromatic N) is 2. The normalized spacial score (nSPS) is 15.6. The molecule has 20 heavy (non-hydrogen) atoms. The predicted octanol–water partition coefficient (Wildman–Crippen LogP) is 2.24. The van der Waals surface area contributed by atoms with E-state index in [-0.39, 0.29) is 11.9 Å². The number of hydrogen-bond acceptors (Lipinski definition) is 3. The standard InChI is InChI=1S/C15H15N3O2/c1-2-12-10-4-3-5-13(11(10)6-8-16-12)18-9-7-14(19)17-15(18)20/h3-6,8H,2,7,9H2,1H3,(H,17,19,20). The average molecular weight is 269 g/mol. The third kappa shape index (κ3) is 2.01. The maximum atomic E-state index is 12.0. The Hall–Kier alpha value is -2.43. The summed E-state index contributed by atoms with van der Waals surface area (Å²) in [6.45, 7) is 2.47. The summed E-state index contributed by atoms with van der Waals surface area (Å²) in [6.07, 6.45) is 2.93. The van der Waals surface area contributed by atoms with Crippen LogP contribution in [0.1, 0.15) is 19.0 Å². The van der Waals surface area contributed by atoms with Gasteiger partial charge < -0.3 is 0 Å². The first kappa shape index (κ1) is 12.6. The van der Waals surface area contributed by atoms with E-state index in [1.165, 1.54) is 0 Å². The minimum Gasteiger partial charge on any atom is -0.293 e. The van der Waals surface area contributed by atoms with Crippen molar-refractivity contribution in [3.63, 3.8) is 0 Å². The monoisotopic (exact) mass is 269 g/mol. The maximum absolute atomic E-state index is 12.0. The molecule has 2 aromatic rings. The molecule has 2 heterocycles. The number of hydrogen-bond donors (Lipinski definition) is 1. The van der Waals surface area contributed by atoms with E-state index in [1.54, 1.807) is 11.1 Å². The number of rotatable bonds is 2. The van der Waals surface area contributed by atoms with E-state index >= 15 is 0 Å². The van der Waals surface area contributed by atoms with E-state index in [1.807, 2.05) is 24.3 Å². The van der Waals surface area contributed by atoms with Crippen molar-refractivity contribution in [1.29, 1.82) is 0 Å². The molecule has 1 saturated heterocycles. The van der Waals surface area contributed by atoms with Crippen molar-refractivity contribution < 1.29 is 9.59 Å². The number of aryl methyl sites for hydroxylation is 1. The molecule has 1 aromatic heterocycles. The van der Waals surface area contributed by atoms with Crippen molar-refractivity contribution in [3.05, 3.63) is 36.2 Å². The van der Waals surface area contributed by atoms with E-state index < -0.39 is 0 Å². The molecule has 0 radical (unpaired) electrons. The van der Waals surface area contributed by atoms with Gasteiger partial charge in [0.05, 0.1) is 5.69 Å². The van der Waals surface area contributed by atoms with Crippen molar-refractivity contribution in [2.75, 3.05) is 11.4 Å². The summed E-state index contributed by atoms with van der Waals surface area (Å²) in [5.74, 6) is -0.220. The molecule has 1 aliphatic rings. The number of amides is 3. The van der Waals surface area contributed by atoms with Crippen molar-refractivity contribution in [1.82, 2.24) is 10.3 Å². The Labute approximate surface area is 116 Å². The number of fused-ring (bicyclic) bond motifs is 1. The summed E-state index contributed by atoms with van der Waals surface area (Å²) in [5, 5.41) is 4.40. The molecule has 5 heteroatoms. The Kier molecular flexibility index (Phi) is 3.10. The van der Waals surface area contributed by atoms with Gasteiger partial charge in [0.15, 0.2) is 0 Å². The lowest BCUT2D eigenvalue weighted by Crippen LogP contribution is -2.49. The van der Waals surface area contributed by atoms with E-state index in [2.05, 4.69) is 17.2 Å². The summed E-state index contributed by atoms with van der Waals surface area (Å²) >= 11 is 0. The van der Waals surface area contributed by atoms with Crippen molar-refractivity contribution in [2.24, 2.45) is 0 Å². The highest BCUT2D eigenvalue weighted by molar-refractivity contribution is 6.10. The summed E-state index contributed by atoms with van der Waals surface area (Å²) < 4.78 is 0. The molecule has 1 aromatic carbocycles. The van der Waals surface area contributed by atoms with Crippen LogP contribution in [-0.4, -0.2) is 23.5 Å². The van der Waals surface area contributed by atoms with Crippen LogP contribution >= 0.6 is 0 Å². The molecule has 0 saturated carbocycles. The van der Waals surface area contributed by atoms with Gasteiger partial charge in [-0.25, -0.2) is 4.79 Å². The molecular weight excluding hydrogens is 254 g/mol. The Morgan fingerprint density at radius 1 is 1.25 bits per heavy atom. The SMILES string of the molecule is CCc1nccc2c(N3CCC(=O)NC3=O)cccc12. The molecule has 0 bridgehead atoms. The quantitative estimate of drug-likeness (QED) is 0.909. The Morgan fingerprint density at radius 2 is 2.10 bits per heavy atom. The molecule has 0 aliphatic carbocycles. The summed E-state index contributed by atoms with van der Waals surface area (Å²) in [6, 6.07) is 7.38. The minimum absolute atomic E-state index is 0.220. The van der Waals surface area contributed by atoms with Crippen LogP contribution in [0.15, 0.2) is 30.5 Å². The molecule has 1 aliphatic heterocycles. The maximum Gasteiger partial charge on any atom is 0.328 e. The summed E-state index contributed by atoms with van der Waals surface area (Å²) in [5.41, 5.74) is 1.84. The van der Waals surface area contributed by atoms with Crippen molar-refractivity contribution in [3.8, 4) is 0 Å². The molecule has 3 amide bonds. The zero-order valence-corrected chi connectivity index (χ0v) is 11.2. The number of nitrogens with one attached hydrogen (secondary N) is 1. The topological polar surface area (TPSA) is 62.3 Å². The van der Waals surface area contributed by atoms with Gasteiger partial charge >= 0.3 is 6.03 Å². The van der Waals surface area contributed by atoms with Crippen LogP contribution in [0.4, 0.5) is 10.5 Å². The van der Waals surface area contributed by atoms with Gasteiger partial charge in [-0.3, -0.25) is 20.0 Å². The fraction of sp³-hybridized carbons (Fsp3) is 0.267. The third-order valence-electron chi connectivity index (χ3n) is 3.55. The molecule has 3 rings (SSSR count). The van der Waals surface area contributed by atoms with E-state index in [0.29, 0.717) is 13.0 Å². The van der Waals surface area contributed by atoms with Gasteiger partial charge in [-0.15, -0.1) is 0 Å². The smallest absolute Gasteiger partial charge is 0.293 e. The number of benzene rings is 1. The summed E-state index contributed by atoms with van der Waals surface area (Å²) in [4.78, 5) is 29.2. The van der Waals surface area contributed by atoms with Crippen LogP contribution < -0.4 is 10.2 Å². The van der Waals surface area contributed by atoms with Crippen LogP contribution in [0.5, 0.6) is 0 Å². The number of aromatic nitrogens is 1. The van der Waals surface area contributed by atoms with Gasteiger partial charge in [-0.1, -0.05) is 19.1 Å². The average Bonchev–Trinajstić information content (AvgIpc) is 2.46. The van der Waals surface area contributed by atoms with Crippen LogP contribution in [0, 0.1) is 0 Å². The number of imide groups is 1. The number of urea groups is 1. The van der Waals surface area contributed by atoms with Gasteiger partial charge in [-0.05, 0) is 18.6 Å². The zero-order chi connectivity index (χ0) is 14.1. The Morgan fingerprint density at radius 3 is 2.85 bits per heavy atom. The second-order valence-electron chi connectivity index (χ2n) is 4.74. The second kappa shape index (κ2) is 4.92. The molecule has 5 nitrogen and oxygen atoms in total. The predicted molar refractivity (Wildman–Crippen MR) is 76.6 cm³/mol. The van der Waals surface area contributed by atoms with Crippen LogP contribution in [-0.2, 0) is 11.2 Å². The van der Waals surface area contributed by atoms with Crippen LogP contribution in [0.2, 0.25) is 0 Å². The zero-order valence-electron chi connectivity index (χ0n) is 11.2. The fourth-order valence-corrected chi connectivity index (χ4v) is 2.56. The molecule has 0 atom stereocenters. The minimum atomic E-state index is -0.358. The lowest BCUT2D eigenvalue weighted by atomic mass is 10.1. The highest BCUT2D eigenvalue weighted by Gasteiger charge is 2.25. The lowest BCUT2D eigenvalue weighted by molar-refractivity contribution is -0.120. The highest BCUT2D eigenvalue weighted by Crippen LogP contribution is 2.29. The third-order valence-corrected chi connectivity index (χ3v) is 3.55. The van der Waals surface area contributed by atoms with Gasteiger partial charge in [0, 0.05) is 35.6 Å². The first-order valence-electron chi connectivity index (χ1n) is 6.68. The van der Waals surface area contributed by atoms with Gasteiger partial charge in [-0.2, -0.15) is 0 Å². The summed E-state index contributed by atoms with van der Waals surface area (Å²) in [7, 11) is 0. The second-order valence-corrected chi connectivity index (χ2v) is 4.74. The number of carbonyl (C=O) groups is 2. The van der Waals surface area contributed by atoms with Crippen LogP contribution in [0.3, 0.4) is 0 Å². The Bertz CT molecular complexity index is 697. The van der Waals surface area contributed by atoms with E-state index in [4.69, 9.17) is 0 Å². The fourth-order valence-electron chi connectivity index (χ4n) is 2.56. The van der Waals surface area contributed by atoms with E-state index in [0.717, 1.165) is 28.6 Å². The number of pyridine rings is 1. The highest BCUT2D eigenvalue weighted by atomic mass is 16.2. The molecule has 1 N–H and O–H groups in total. The van der Waals surface area contributed by atoms with Crippen LogP contribution in [0.25, 0.3) is 10.8 Å². The first-order chi connectivity index (χ1) is 9.70.